The quantitative estimate of drug-likeness (QED) is 0.495. The van der Waals surface area contributed by atoms with Gasteiger partial charge in [0.2, 0.25) is 5.60 Å². The van der Waals surface area contributed by atoms with Crippen LogP contribution in [0.3, 0.4) is 0 Å². The molecule has 4 rings (SSSR count). The Bertz CT molecular complexity index is 882. The third-order valence-electron chi connectivity index (χ3n) is 8.65. The van der Waals surface area contributed by atoms with Crippen molar-refractivity contribution in [2.75, 3.05) is 12.7 Å². The van der Waals surface area contributed by atoms with Crippen LogP contribution in [-0.4, -0.2) is 47.4 Å². The molecular weight excluding hydrogens is 436 g/mol. The minimum atomic E-state index is -1.57. The van der Waals surface area contributed by atoms with Crippen LogP contribution in [0.15, 0.2) is 23.8 Å². The van der Waals surface area contributed by atoms with E-state index in [-0.39, 0.29) is 49.1 Å². The van der Waals surface area contributed by atoms with Crippen molar-refractivity contribution < 1.29 is 33.7 Å². The normalized spacial score (nSPS) is 42.3. The van der Waals surface area contributed by atoms with E-state index in [0.29, 0.717) is 6.42 Å². The molecule has 4 aliphatic carbocycles. The van der Waals surface area contributed by atoms with E-state index in [1.807, 2.05) is 13.0 Å². The number of rotatable bonds is 4. The van der Waals surface area contributed by atoms with Gasteiger partial charge in [0.05, 0.1) is 12.7 Å². The average molecular weight is 467 g/mol. The Morgan fingerprint density at radius 1 is 1.25 bits per heavy atom. The van der Waals surface area contributed by atoms with Crippen molar-refractivity contribution in [3.05, 3.63) is 23.8 Å². The van der Waals surface area contributed by atoms with Gasteiger partial charge in [-0.2, -0.15) is 0 Å². The molecule has 32 heavy (non-hydrogen) atoms. The van der Waals surface area contributed by atoms with Crippen LogP contribution in [0.1, 0.15) is 52.9 Å². The summed E-state index contributed by atoms with van der Waals surface area (Å²) in [4.78, 5) is 37.5. The molecule has 176 valence electrons. The molecule has 0 amide bonds. The van der Waals surface area contributed by atoms with Crippen LogP contribution in [0.4, 0.5) is 4.79 Å². The highest BCUT2D eigenvalue weighted by atomic mass is 35.5. The minimum Gasteiger partial charge on any atom is -0.446 e. The third kappa shape index (κ3) is 3.23. The Morgan fingerprint density at radius 2 is 2.00 bits per heavy atom. The number of aliphatic hydroxyl groups is 1. The fourth-order valence-corrected chi connectivity index (χ4v) is 7.41. The van der Waals surface area contributed by atoms with Crippen molar-refractivity contribution in [2.24, 2.45) is 28.6 Å². The van der Waals surface area contributed by atoms with Crippen molar-refractivity contribution in [1.29, 1.82) is 0 Å². The van der Waals surface area contributed by atoms with Crippen LogP contribution in [0.25, 0.3) is 0 Å². The number of aliphatic hydroxyl groups excluding tert-OH is 1. The predicted molar refractivity (Wildman–Crippen MR) is 116 cm³/mol. The number of esters is 1. The zero-order valence-corrected chi connectivity index (χ0v) is 19.5. The molecule has 3 fully saturated rings. The summed E-state index contributed by atoms with van der Waals surface area (Å²) in [6.45, 7) is 5.77. The van der Waals surface area contributed by atoms with Crippen LogP contribution in [0, 0.1) is 28.6 Å². The second-order valence-corrected chi connectivity index (χ2v) is 10.1. The van der Waals surface area contributed by atoms with Gasteiger partial charge in [0.25, 0.3) is 0 Å². The van der Waals surface area contributed by atoms with Crippen molar-refractivity contribution in [3.8, 4) is 0 Å². The van der Waals surface area contributed by atoms with Gasteiger partial charge in [-0.25, -0.2) is 9.59 Å². The van der Waals surface area contributed by atoms with Crippen LogP contribution >= 0.6 is 11.6 Å². The molecule has 0 aromatic heterocycles. The number of hydrogen-bond donors (Lipinski definition) is 1. The Balaban J connectivity index is 1.73. The molecule has 0 spiro atoms. The molecule has 0 aromatic carbocycles. The van der Waals surface area contributed by atoms with Gasteiger partial charge in [0.1, 0.15) is 0 Å². The molecule has 0 aliphatic heterocycles. The number of alkyl halides is 1. The second kappa shape index (κ2) is 8.17. The first-order chi connectivity index (χ1) is 15.1. The highest BCUT2D eigenvalue weighted by molar-refractivity contribution is 6.17. The summed E-state index contributed by atoms with van der Waals surface area (Å²) in [5, 5.41) is 11.5. The van der Waals surface area contributed by atoms with E-state index in [4.69, 9.17) is 25.8 Å². The monoisotopic (exact) mass is 466 g/mol. The summed E-state index contributed by atoms with van der Waals surface area (Å²) >= 11 is 5.70. The zero-order chi connectivity index (χ0) is 23.3. The van der Waals surface area contributed by atoms with Crippen LogP contribution < -0.4 is 0 Å². The van der Waals surface area contributed by atoms with E-state index in [2.05, 4.69) is 6.92 Å². The summed E-state index contributed by atoms with van der Waals surface area (Å²) in [5.74, 6) is -0.676. The van der Waals surface area contributed by atoms with Crippen LogP contribution in [-0.2, 0) is 23.8 Å². The number of hydrogen-bond acceptors (Lipinski definition) is 7. The van der Waals surface area contributed by atoms with E-state index >= 15 is 0 Å². The van der Waals surface area contributed by atoms with Gasteiger partial charge < -0.3 is 19.3 Å². The predicted octanol–water partition coefficient (Wildman–Crippen LogP) is 3.92. The summed E-state index contributed by atoms with van der Waals surface area (Å²) in [6.07, 6.45) is 6.31. The SMILES string of the molecule is CCOC(=O)O[C@@]1(C(=O)OCCl)CC[C@H]2[C@@H]3CCC4=CC(=O)C=C[C@]4(C)[C@H]3C(O)C[C@@]21C. The number of halogens is 1. The van der Waals surface area contributed by atoms with Gasteiger partial charge in [-0.3, -0.25) is 4.79 Å². The number of carbonyl (C=O) groups excluding carboxylic acids is 3. The lowest BCUT2D eigenvalue weighted by Crippen LogP contribution is -2.62. The van der Waals surface area contributed by atoms with E-state index < -0.39 is 34.7 Å². The molecule has 7 nitrogen and oxygen atoms in total. The molecule has 7 atom stereocenters. The van der Waals surface area contributed by atoms with Gasteiger partial charge in [0.15, 0.2) is 11.8 Å². The van der Waals surface area contributed by atoms with Crippen molar-refractivity contribution >= 4 is 29.5 Å². The lowest BCUT2D eigenvalue weighted by atomic mass is 9.46. The van der Waals surface area contributed by atoms with Crippen LogP contribution in [0.5, 0.6) is 0 Å². The average Bonchev–Trinajstić information content (AvgIpc) is 3.01. The summed E-state index contributed by atoms with van der Waals surface area (Å²) < 4.78 is 15.9. The van der Waals surface area contributed by atoms with Gasteiger partial charge >= 0.3 is 12.1 Å². The largest absolute Gasteiger partial charge is 0.509 e. The van der Waals surface area contributed by atoms with Gasteiger partial charge in [0, 0.05) is 16.7 Å². The molecular formula is C24H31ClO7. The van der Waals surface area contributed by atoms with E-state index in [1.54, 1.807) is 19.1 Å². The molecule has 0 saturated heterocycles. The first kappa shape index (κ1) is 23.3. The Kier molecular flexibility index (Phi) is 5.95. The standard InChI is InChI=1S/C24H31ClO7/c1-4-30-21(29)32-24(20(28)31-13-25)10-8-17-16-6-5-14-11-15(26)7-9-22(14,2)19(16)18(27)12-23(17,24)3/h7,9,11,16-19,27H,4-6,8,10,12-13H2,1-3H3/t16-,17-,18?,19+,22-,23-,24+/m0/s1. The third-order valence-corrected chi connectivity index (χ3v) is 8.76. The number of fused-ring (bicyclic) bond motifs is 5. The molecule has 1 N–H and O–H groups in total. The fourth-order valence-electron chi connectivity index (χ4n) is 7.31. The lowest BCUT2D eigenvalue weighted by molar-refractivity contribution is -0.199. The fraction of sp³-hybridized carbons (Fsp3) is 0.708. The van der Waals surface area contributed by atoms with Crippen molar-refractivity contribution in [2.45, 2.75) is 64.6 Å². The summed E-state index contributed by atoms with van der Waals surface area (Å²) in [6, 6.07) is -0.354. The molecule has 0 heterocycles. The number of ketones is 1. The molecule has 0 bridgehead atoms. The van der Waals surface area contributed by atoms with Crippen molar-refractivity contribution in [1.82, 2.24) is 0 Å². The van der Waals surface area contributed by atoms with Crippen molar-refractivity contribution in [3.63, 3.8) is 0 Å². The zero-order valence-electron chi connectivity index (χ0n) is 18.8. The maximum atomic E-state index is 13.2. The number of ether oxygens (including phenoxy) is 3. The highest BCUT2D eigenvalue weighted by Crippen LogP contribution is 2.68. The second-order valence-electron chi connectivity index (χ2n) is 9.90. The number of allylic oxidation sites excluding steroid dienone is 4. The first-order valence-corrected chi connectivity index (χ1v) is 11.9. The Morgan fingerprint density at radius 3 is 2.69 bits per heavy atom. The Labute approximate surface area is 193 Å². The summed E-state index contributed by atoms with van der Waals surface area (Å²) in [7, 11) is 0. The van der Waals surface area contributed by atoms with E-state index in [1.165, 1.54) is 0 Å². The topological polar surface area (TPSA) is 99.1 Å². The van der Waals surface area contributed by atoms with E-state index in [0.717, 1.165) is 18.4 Å². The maximum absolute atomic E-state index is 13.2. The van der Waals surface area contributed by atoms with Crippen LogP contribution in [0.2, 0.25) is 0 Å². The molecule has 1 unspecified atom stereocenters. The molecule has 0 radical (unpaired) electrons. The van der Waals surface area contributed by atoms with Gasteiger partial charge in [-0.1, -0.05) is 37.1 Å². The number of carbonyl (C=O) groups is 3. The van der Waals surface area contributed by atoms with Gasteiger partial charge in [-0.05, 0) is 63.0 Å². The molecule has 0 aromatic rings. The Hall–Kier alpha value is -1.86. The highest BCUT2D eigenvalue weighted by Gasteiger charge is 2.71. The molecule has 3 saturated carbocycles. The lowest BCUT2D eigenvalue weighted by Gasteiger charge is -2.59. The molecule has 4 aliphatic rings. The van der Waals surface area contributed by atoms with E-state index in [9.17, 15) is 19.5 Å². The summed E-state index contributed by atoms with van der Waals surface area (Å²) in [5.41, 5.74) is -1.76. The maximum Gasteiger partial charge on any atom is 0.509 e. The minimum absolute atomic E-state index is 0.0161. The van der Waals surface area contributed by atoms with Gasteiger partial charge in [-0.15, -0.1) is 0 Å². The smallest absolute Gasteiger partial charge is 0.446 e. The molecule has 8 heteroatoms. The first-order valence-electron chi connectivity index (χ1n) is 11.3.